The first kappa shape index (κ1) is 18.0. The summed E-state index contributed by atoms with van der Waals surface area (Å²) in [7, 11) is -4.03. The number of rotatable bonds is 6. The second kappa shape index (κ2) is 7.63. The lowest BCUT2D eigenvalue weighted by molar-refractivity contribution is 0.147. The Morgan fingerprint density at radius 2 is 1.80 bits per heavy atom. The fourth-order valence-electron chi connectivity index (χ4n) is 3.08. The maximum atomic E-state index is 13.3. The van der Waals surface area contributed by atoms with Crippen molar-refractivity contribution in [2.75, 3.05) is 19.6 Å². The summed E-state index contributed by atoms with van der Waals surface area (Å²) in [6, 6.07) is 5.53. The molecule has 1 aliphatic heterocycles. The van der Waals surface area contributed by atoms with Crippen molar-refractivity contribution >= 4 is 10.0 Å². The average molecular weight is 370 g/mol. The van der Waals surface area contributed by atoms with Crippen LogP contribution in [0.25, 0.3) is 0 Å². The Bertz CT molecular complexity index is 783. The van der Waals surface area contributed by atoms with E-state index in [4.69, 9.17) is 4.42 Å². The highest BCUT2D eigenvalue weighted by atomic mass is 32.2. The molecule has 1 fully saturated rings. The standard InChI is InChI=1S/C17H20F2N2O3S/c18-13-9-14(19)11-15(10-13)25(22,23)20-12-16(17-5-4-8-24-17)21-6-2-1-3-7-21/h4-5,8-11,16,20H,1-3,6-7,12H2/t16-/m0/s1. The van der Waals surface area contributed by atoms with E-state index in [1.165, 1.54) is 0 Å². The van der Waals surface area contributed by atoms with Gasteiger partial charge in [-0.1, -0.05) is 6.42 Å². The smallest absolute Gasteiger partial charge is 0.240 e. The van der Waals surface area contributed by atoms with Gasteiger partial charge in [-0.25, -0.2) is 21.9 Å². The predicted octanol–water partition coefficient (Wildman–Crippen LogP) is 3.06. The molecule has 2 heterocycles. The van der Waals surface area contributed by atoms with Crippen molar-refractivity contribution in [3.05, 3.63) is 54.0 Å². The molecular weight excluding hydrogens is 350 g/mol. The minimum atomic E-state index is -4.03. The summed E-state index contributed by atoms with van der Waals surface area (Å²) in [5.41, 5.74) is 0. The maximum absolute atomic E-state index is 13.3. The number of hydrogen-bond acceptors (Lipinski definition) is 4. The van der Waals surface area contributed by atoms with Crippen LogP contribution in [0.5, 0.6) is 0 Å². The number of furan rings is 1. The molecule has 1 aromatic heterocycles. The third-order valence-corrected chi connectivity index (χ3v) is 5.72. The zero-order valence-corrected chi connectivity index (χ0v) is 14.4. The molecule has 0 radical (unpaired) electrons. The van der Waals surface area contributed by atoms with Gasteiger partial charge in [-0.3, -0.25) is 4.90 Å². The second-order valence-corrected chi connectivity index (χ2v) is 7.85. The Hall–Kier alpha value is -1.77. The number of halogens is 2. The van der Waals surface area contributed by atoms with Crippen LogP contribution in [-0.4, -0.2) is 33.0 Å². The second-order valence-electron chi connectivity index (χ2n) is 6.08. The van der Waals surface area contributed by atoms with Crippen molar-refractivity contribution in [2.45, 2.75) is 30.2 Å². The number of benzene rings is 1. The minimum absolute atomic E-state index is 0.0635. The first-order valence-corrected chi connectivity index (χ1v) is 9.67. The summed E-state index contributed by atoms with van der Waals surface area (Å²) in [4.78, 5) is 1.73. The Balaban J connectivity index is 1.78. The van der Waals surface area contributed by atoms with Gasteiger partial charge in [0, 0.05) is 12.6 Å². The molecule has 0 spiro atoms. The third kappa shape index (κ3) is 4.45. The summed E-state index contributed by atoms with van der Waals surface area (Å²) in [5.74, 6) is -1.20. The van der Waals surface area contributed by atoms with Crippen molar-refractivity contribution in [1.82, 2.24) is 9.62 Å². The minimum Gasteiger partial charge on any atom is -0.468 e. The predicted molar refractivity (Wildman–Crippen MR) is 88.4 cm³/mol. The zero-order chi connectivity index (χ0) is 17.9. The Kier molecular flexibility index (Phi) is 5.51. The number of hydrogen-bond donors (Lipinski definition) is 1. The first-order valence-electron chi connectivity index (χ1n) is 8.19. The van der Waals surface area contributed by atoms with Crippen molar-refractivity contribution in [3.8, 4) is 0 Å². The summed E-state index contributed by atoms with van der Waals surface area (Å²) in [5, 5.41) is 0. The molecule has 1 aromatic carbocycles. The van der Waals surface area contributed by atoms with E-state index in [9.17, 15) is 17.2 Å². The van der Waals surface area contributed by atoms with Crippen molar-refractivity contribution in [2.24, 2.45) is 0 Å². The van der Waals surface area contributed by atoms with Crippen LogP contribution in [0.15, 0.2) is 45.9 Å². The zero-order valence-electron chi connectivity index (χ0n) is 13.6. The van der Waals surface area contributed by atoms with E-state index in [1.807, 2.05) is 0 Å². The molecule has 0 saturated carbocycles. The number of nitrogens with one attached hydrogen (secondary N) is 1. The molecule has 0 aliphatic carbocycles. The Labute approximate surface area is 145 Å². The van der Waals surface area contributed by atoms with Gasteiger partial charge in [-0.05, 0) is 50.2 Å². The normalized spacial score (nSPS) is 17.5. The molecule has 0 amide bonds. The molecule has 25 heavy (non-hydrogen) atoms. The van der Waals surface area contributed by atoms with Crippen LogP contribution in [0.4, 0.5) is 8.78 Å². The third-order valence-electron chi connectivity index (χ3n) is 4.32. The van der Waals surface area contributed by atoms with E-state index in [-0.39, 0.29) is 12.6 Å². The average Bonchev–Trinajstić information content (AvgIpc) is 3.09. The Morgan fingerprint density at radius 1 is 1.12 bits per heavy atom. The molecule has 0 unspecified atom stereocenters. The summed E-state index contributed by atoms with van der Waals surface area (Å²) in [6.45, 7) is 1.76. The quantitative estimate of drug-likeness (QED) is 0.849. The van der Waals surface area contributed by atoms with Gasteiger partial charge >= 0.3 is 0 Å². The summed E-state index contributed by atoms with van der Waals surface area (Å²) in [6.07, 6.45) is 4.77. The number of piperidine rings is 1. The van der Waals surface area contributed by atoms with Gasteiger partial charge in [-0.15, -0.1) is 0 Å². The van der Waals surface area contributed by atoms with E-state index in [1.54, 1.807) is 18.4 Å². The van der Waals surface area contributed by atoms with E-state index in [0.29, 0.717) is 11.8 Å². The van der Waals surface area contributed by atoms with E-state index in [2.05, 4.69) is 9.62 Å². The number of likely N-dealkylation sites (tertiary alicyclic amines) is 1. The van der Waals surface area contributed by atoms with E-state index >= 15 is 0 Å². The SMILES string of the molecule is O=S(=O)(NC[C@@H](c1ccco1)N1CCCCC1)c1cc(F)cc(F)c1. The summed E-state index contributed by atoms with van der Waals surface area (Å²) >= 11 is 0. The van der Waals surface area contributed by atoms with Gasteiger partial charge in [0.1, 0.15) is 17.4 Å². The van der Waals surface area contributed by atoms with Crippen molar-refractivity contribution in [3.63, 3.8) is 0 Å². The number of sulfonamides is 1. The van der Waals surface area contributed by atoms with Crippen LogP contribution in [0.1, 0.15) is 31.1 Å². The molecule has 136 valence electrons. The number of nitrogens with zero attached hydrogens (tertiary/aromatic N) is 1. The molecule has 8 heteroatoms. The maximum Gasteiger partial charge on any atom is 0.240 e. The lowest BCUT2D eigenvalue weighted by Crippen LogP contribution is -2.40. The highest BCUT2D eigenvalue weighted by molar-refractivity contribution is 7.89. The van der Waals surface area contributed by atoms with Gasteiger partial charge in [-0.2, -0.15) is 0 Å². The highest BCUT2D eigenvalue weighted by Crippen LogP contribution is 2.25. The fourth-order valence-corrected chi connectivity index (χ4v) is 4.16. The van der Waals surface area contributed by atoms with Crippen LogP contribution in [0, 0.1) is 11.6 Å². The molecule has 1 atom stereocenters. The largest absolute Gasteiger partial charge is 0.468 e. The Morgan fingerprint density at radius 3 is 2.40 bits per heavy atom. The molecule has 3 rings (SSSR count). The lowest BCUT2D eigenvalue weighted by Gasteiger charge is -2.33. The molecule has 1 saturated heterocycles. The van der Waals surface area contributed by atoms with E-state index in [0.717, 1.165) is 44.5 Å². The highest BCUT2D eigenvalue weighted by Gasteiger charge is 2.27. The molecule has 0 bridgehead atoms. The topological polar surface area (TPSA) is 62.6 Å². The molecule has 5 nitrogen and oxygen atoms in total. The van der Waals surface area contributed by atoms with Gasteiger partial charge in [0.2, 0.25) is 10.0 Å². The molecule has 1 N–H and O–H groups in total. The van der Waals surface area contributed by atoms with Crippen molar-refractivity contribution in [1.29, 1.82) is 0 Å². The lowest BCUT2D eigenvalue weighted by atomic mass is 10.1. The van der Waals surface area contributed by atoms with Gasteiger partial charge in [0.15, 0.2) is 0 Å². The van der Waals surface area contributed by atoms with Crippen LogP contribution in [0.2, 0.25) is 0 Å². The van der Waals surface area contributed by atoms with Crippen LogP contribution in [-0.2, 0) is 10.0 Å². The molecule has 1 aliphatic rings. The first-order chi connectivity index (χ1) is 12.0. The van der Waals surface area contributed by atoms with Gasteiger partial charge in [0.05, 0.1) is 17.2 Å². The molecule has 2 aromatic rings. The van der Waals surface area contributed by atoms with E-state index < -0.39 is 26.6 Å². The molecular formula is C17H20F2N2O3S. The van der Waals surface area contributed by atoms with Crippen LogP contribution < -0.4 is 4.72 Å². The fraction of sp³-hybridized carbons (Fsp3) is 0.412. The van der Waals surface area contributed by atoms with Gasteiger partial charge < -0.3 is 4.42 Å². The van der Waals surface area contributed by atoms with Crippen LogP contribution in [0.3, 0.4) is 0 Å². The monoisotopic (exact) mass is 370 g/mol. The summed E-state index contributed by atoms with van der Waals surface area (Å²) < 4.78 is 59.3. The van der Waals surface area contributed by atoms with Crippen molar-refractivity contribution < 1.29 is 21.6 Å². The van der Waals surface area contributed by atoms with Crippen LogP contribution >= 0.6 is 0 Å². The van der Waals surface area contributed by atoms with Gasteiger partial charge in [0.25, 0.3) is 0 Å².